The van der Waals surface area contributed by atoms with Crippen LogP contribution < -0.4 is 5.32 Å². The third-order valence-electron chi connectivity index (χ3n) is 1.81. The van der Waals surface area contributed by atoms with Crippen molar-refractivity contribution in [3.05, 3.63) is 35.9 Å². The van der Waals surface area contributed by atoms with Crippen LogP contribution in [0, 0.1) is 0 Å². The summed E-state index contributed by atoms with van der Waals surface area (Å²) in [4.78, 5) is 0. The Bertz CT molecular complexity index is 198. The number of nitrogens with one attached hydrogen (secondary N) is 1. The van der Waals surface area contributed by atoms with Gasteiger partial charge in [0.1, 0.15) is 0 Å². The predicted octanol–water partition coefficient (Wildman–Crippen LogP) is 2.60. The molecule has 0 bridgehead atoms. The van der Waals surface area contributed by atoms with Crippen LogP contribution in [0.1, 0.15) is 26.9 Å². The molecule has 0 amide bonds. The Labute approximate surface area is 69.9 Å². The zero-order valence-corrected chi connectivity index (χ0v) is 7.17. The lowest BCUT2D eigenvalue weighted by Crippen LogP contribution is -2.17. The third-order valence-corrected chi connectivity index (χ3v) is 1.81. The van der Waals surface area contributed by atoms with Gasteiger partial charge in [-0.2, -0.15) is 0 Å². The van der Waals surface area contributed by atoms with Gasteiger partial charge in [0.05, 0.1) is 0 Å². The fourth-order valence-corrected chi connectivity index (χ4v) is 1.17. The summed E-state index contributed by atoms with van der Waals surface area (Å²) in [6, 6.07) is 11.0. The van der Waals surface area contributed by atoms with Crippen molar-refractivity contribution >= 4 is 0 Å². The molecule has 0 aliphatic carbocycles. The van der Waals surface area contributed by atoms with Gasteiger partial charge in [0.15, 0.2) is 0 Å². The lowest BCUT2D eigenvalue weighted by molar-refractivity contribution is 0.598. The van der Waals surface area contributed by atoms with Gasteiger partial charge in [-0.15, -0.1) is 0 Å². The first-order valence-electron chi connectivity index (χ1n) is 4.13. The molecule has 1 rings (SSSR count). The molecule has 0 unspecified atom stereocenters. The molecule has 0 aliphatic heterocycles. The highest BCUT2D eigenvalue weighted by atomic mass is 14.9. The molecule has 1 N–H and O–H groups in total. The van der Waals surface area contributed by atoms with Crippen molar-refractivity contribution in [3.8, 4) is 0 Å². The maximum absolute atomic E-state index is 3.36. The molecule has 1 atom stereocenters. The minimum absolute atomic E-state index is 0. The van der Waals surface area contributed by atoms with Gasteiger partial charge in [0, 0.05) is 7.47 Å². The van der Waals surface area contributed by atoms with Gasteiger partial charge in [0.2, 0.25) is 0 Å². The molecule has 0 spiro atoms. The summed E-state index contributed by atoms with van der Waals surface area (Å²) < 4.78 is 0. The van der Waals surface area contributed by atoms with E-state index in [-0.39, 0.29) is 1.43 Å². The highest BCUT2D eigenvalue weighted by molar-refractivity contribution is 5.17. The number of hydrogen-bond donors (Lipinski definition) is 1. The molecule has 0 aliphatic rings. The Balaban J connectivity index is 0.00000121. The molecular weight excluding hydrogens is 134 g/mol. The summed E-state index contributed by atoms with van der Waals surface area (Å²) in [7, 11) is 0. The van der Waals surface area contributed by atoms with Crippen molar-refractivity contribution in [3.63, 3.8) is 0 Å². The second-order valence-electron chi connectivity index (χ2n) is 2.69. The first-order valence-corrected chi connectivity index (χ1v) is 4.13. The Morgan fingerprint density at radius 1 is 1.36 bits per heavy atom. The van der Waals surface area contributed by atoms with E-state index in [4.69, 9.17) is 0 Å². The molecule has 0 heterocycles. The van der Waals surface area contributed by atoms with E-state index in [1.807, 2.05) is 6.07 Å². The first kappa shape index (κ1) is 8.28. The number of benzene rings is 1. The minimum atomic E-state index is 0. The monoisotopic (exact) mass is 151 g/mol. The van der Waals surface area contributed by atoms with Crippen LogP contribution in [-0.4, -0.2) is 6.54 Å². The smallest absolute Gasteiger partial charge is 0.0291 e. The predicted molar refractivity (Wildman–Crippen MR) is 50.6 cm³/mol. The van der Waals surface area contributed by atoms with Gasteiger partial charge in [-0.1, -0.05) is 37.3 Å². The molecule has 11 heavy (non-hydrogen) atoms. The molecule has 1 heteroatoms. The number of hydrogen-bond acceptors (Lipinski definition) is 1. The topological polar surface area (TPSA) is 12.0 Å². The van der Waals surface area contributed by atoms with E-state index in [0.29, 0.717) is 6.04 Å². The second kappa shape index (κ2) is 4.14. The molecule has 1 nitrogen and oxygen atoms in total. The van der Waals surface area contributed by atoms with E-state index in [1.165, 1.54) is 5.56 Å². The quantitative estimate of drug-likeness (QED) is 0.700. The van der Waals surface area contributed by atoms with Crippen molar-refractivity contribution in [1.29, 1.82) is 0 Å². The second-order valence-corrected chi connectivity index (χ2v) is 2.69. The van der Waals surface area contributed by atoms with E-state index < -0.39 is 0 Å². The lowest BCUT2D eigenvalue weighted by Gasteiger charge is -2.11. The van der Waals surface area contributed by atoms with Crippen LogP contribution in [0.5, 0.6) is 0 Å². The van der Waals surface area contributed by atoms with Crippen LogP contribution in [0.2, 0.25) is 0 Å². The zero-order chi connectivity index (χ0) is 8.10. The maximum Gasteiger partial charge on any atom is 0.0291 e. The Hall–Kier alpha value is -0.820. The maximum atomic E-state index is 3.36. The van der Waals surface area contributed by atoms with Crippen molar-refractivity contribution in [1.82, 2.24) is 5.32 Å². The lowest BCUT2D eigenvalue weighted by atomic mass is 10.1. The van der Waals surface area contributed by atoms with Crippen LogP contribution in [0.15, 0.2) is 30.3 Å². The summed E-state index contributed by atoms with van der Waals surface area (Å²) in [5.41, 5.74) is 1.36. The van der Waals surface area contributed by atoms with Gasteiger partial charge in [0.25, 0.3) is 0 Å². The molecule has 1 aromatic rings. The molecule has 1 aromatic carbocycles. The van der Waals surface area contributed by atoms with Crippen molar-refractivity contribution < 1.29 is 1.43 Å². The number of rotatable bonds is 3. The average Bonchev–Trinajstić information content (AvgIpc) is 2.07. The molecule has 0 fully saturated rings. The van der Waals surface area contributed by atoms with E-state index in [2.05, 4.69) is 43.4 Å². The fraction of sp³-hybridized carbons (Fsp3) is 0.400. The summed E-state index contributed by atoms with van der Waals surface area (Å²) in [6.07, 6.45) is 0. The molecule has 62 valence electrons. The highest BCUT2D eigenvalue weighted by Gasteiger charge is 1.99. The summed E-state index contributed by atoms with van der Waals surface area (Å²) >= 11 is 0. The van der Waals surface area contributed by atoms with Gasteiger partial charge in [-0.3, -0.25) is 0 Å². The van der Waals surface area contributed by atoms with Gasteiger partial charge in [-0.25, -0.2) is 0 Å². The van der Waals surface area contributed by atoms with Crippen molar-refractivity contribution in [2.45, 2.75) is 19.9 Å². The molecule has 0 saturated heterocycles. The van der Waals surface area contributed by atoms with Gasteiger partial charge >= 0.3 is 0 Å². The highest BCUT2D eigenvalue weighted by Crippen LogP contribution is 2.09. The van der Waals surface area contributed by atoms with Crippen LogP contribution in [-0.2, 0) is 0 Å². The third kappa shape index (κ3) is 2.35. The fourth-order valence-electron chi connectivity index (χ4n) is 1.17. The van der Waals surface area contributed by atoms with E-state index in [9.17, 15) is 0 Å². The van der Waals surface area contributed by atoms with E-state index in [1.54, 1.807) is 0 Å². The van der Waals surface area contributed by atoms with E-state index >= 15 is 0 Å². The van der Waals surface area contributed by atoms with Crippen molar-refractivity contribution in [2.24, 2.45) is 0 Å². The summed E-state index contributed by atoms with van der Waals surface area (Å²) in [5, 5.41) is 3.36. The Morgan fingerprint density at radius 2 is 2.00 bits per heavy atom. The molecule has 0 aromatic heterocycles. The van der Waals surface area contributed by atoms with Crippen LogP contribution in [0.25, 0.3) is 0 Å². The summed E-state index contributed by atoms with van der Waals surface area (Å²) in [6.45, 7) is 5.33. The Kier molecular flexibility index (Phi) is 3.12. The summed E-state index contributed by atoms with van der Waals surface area (Å²) in [5.74, 6) is 0. The van der Waals surface area contributed by atoms with Crippen molar-refractivity contribution in [2.75, 3.05) is 6.54 Å². The van der Waals surface area contributed by atoms with Crippen LogP contribution in [0.3, 0.4) is 0 Å². The Morgan fingerprint density at radius 3 is 2.55 bits per heavy atom. The van der Waals surface area contributed by atoms with Crippen LogP contribution >= 0.6 is 0 Å². The minimum Gasteiger partial charge on any atom is -0.310 e. The largest absolute Gasteiger partial charge is 0.310 e. The van der Waals surface area contributed by atoms with Gasteiger partial charge in [-0.05, 0) is 19.0 Å². The normalized spacial score (nSPS) is 12.9. The SMILES string of the molecule is CCN[C@H](C)c1ccccc1.[HH]. The average molecular weight is 151 g/mol. The molecular formula is C10H17N. The molecule has 0 saturated carbocycles. The zero-order valence-electron chi connectivity index (χ0n) is 7.17. The van der Waals surface area contributed by atoms with E-state index in [0.717, 1.165) is 6.54 Å². The standard InChI is InChI=1S/C10H15N.H2/c1-3-11-9(2)10-7-5-4-6-8-10;/h4-9,11H,3H2,1-2H3;1H/t9-;/m1./s1. The molecule has 0 radical (unpaired) electrons. The van der Waals surface area contributed by atoms with Gasteiger partial charge < -0.3 is 5.32 Å². The first-order chi connectivity index (χ1) is 5.34. The van der Waals surface area contributed by atoms with Crippen LogP contribution in [0.4, 0.5) is 0 Å².